The van der Waals surface area contributed by atoms with Crippen molar-refractivity contribution >= 4 is 17.5 Å². The normalized spacial score (nSPS) is 17.0. The van der Waals surface area contributed by atoms with E-state index in [9.17, 15) is 18.0 Å². The highest BCUT2D eigenvalue weighted by Gasteiger charge is 2.40. The fourth-order valence-corrected chi connectivity index (χ4v) is 3.95. The minimum atomic E-state index is -4.63. The smallest absolute Gasteiger partial charge is 0.339 e. The van der Waals surface area contributed by atoms with Gasteiger partial charge in [-0.15, -0.1) is 0 Å². The molecule has 0 saturated carbocycles. The molecular formula is C19H22ClF3N4O. The van der Waals surface area contributed by atoms with E-state index in [4.69, 9.17) is 17.3 Å². The number of alkyl halides is 3. The van der Waals surface area contributed by atoms with Gasteiger partial charge in [0, 0.05) is 31.2 Å². The summed E-state index contributed by atoms with van der Waals surface area (Å²) < 4.78 is 40.3. The number of carbonyl (C=O) groups excluding carboxylic acids is 1. The Kier molecular flexibility index (Phi) is 6.00. The summed E-state index contributed by atoms with van der Waals surface area (Å²) in [7, 11) is 1.18. The summed E-state index contributed by atoms with van der Waals surface area (Å²) in [5.74, 6) is -0.443. The lowest BCUT2D eigenvalue weighted by molar-refractivity contribution is -0.144. The van der Waals surface area contributed by atoms with Crippen molar-refractivity contribution < 1.29 is 18.0 Å². The molecule has 9 heteroatoms. The highest BCUT2D eigenvalue weighted by atomic mass is 35.5. The molecule has 28 heavy (non-hydrogen) atoms. The van der Waals surface area contributed by atoms with Crippen molar-refractivity contribution in [1.29, 1.82) is 0 Å². The van der Waals surface area contributed by atoms with Gasteiger partial charge >= 0.3 is 6.18 Å². The molecule has 2 heterocycles. The Morgan fingerprint density at radius 1 is 1.36 bits per heavy atom. The maximum Gasteiger partial charge on any atom is 0.433 e. The largest absolute Gasteiger partial charge is 0.433 e. The molecule has 1 aromatic carbocycles. The van der Waals surface area contributed by atoms with Crippen LogP contribution in [0.1, 0.15) is 34.5 Å². The number of aryl methyl sites for hydroxylation is 1. The third-order valence-corrected chi connectivity index (χ3v) is 5.47. The molecular weight excluding hydrogens is 393 g/mol. The van der Waals surface area contributed by atoms with Crippen molar-refractivity contribution in [2.75, 3.05) is 13.1 Å². The predicted molar refractivity (Wildman–Crippen MR) is 100.0 cm³/mol. The lowest BCUT2D eigenvalue weighted by atomic mass is 9.86. The second kappa shape index (κ2) is 8.13. The zero-order chi connectivity index (χ0) is 20.5. The predicted octanol–water partition coefficient (Wildman–Crippen LogP) is 3.51. The number of piperidine rings is 1. The monoisotopic (exact) mass is 414 g/mol. The minimum Gasteiger partial charge on any atom is -0.339 e. The van der Waals surface area contributed by atoms with Crippen LogP contribution in [0.2, 0.25) is 5.02 Å². The summed E-state index contributed by atoms with van der Waals surface area (Å²) in [6, 6.07) is 7.42. The molecule has 0 spiro atoms. The van der Waals surface area contributed by atoms with Gasteiger partial charge in [-0.3, -0.25) is 9.48 Å². The molecule has 1 aromatic heterocycles. The SMILES string of the molecule is Cn1ncc(C(=O)N2CCC(C(N)Cc3cccc(Cl)c3)CC2)c1C(F)(F)F. The van der Waals surface area contributed by atoms with E-state index < -0.39 is 23.3 Å². The van der Waals surface area contributed by atoms with Gasteiger partial charge in [0.25, 0.3) is 5.91 Å². The number of rotatable bonds is 4. The maximum atomic E-state index is 13.2. The van der Waals surface area contributed by atoms with Crippen LogP contribution >= 0.6 is 11.6 Å². The number of amides is 1. The molecule has 1 aliphatic heterocycles. The van der Waals surface area contributed by atoms with Crippen molar-refractivity contribution in [3.8, 4) is 0 Å². The van der Waals surface area contributed by atoms with Gasteiger partial charge in [-0.2, -0.15) is 18.3 Å². The van der Waals surface area contributed by atoms with E-state index in [0.717, 1.165) is 11.8 Å². The molecule has 1 saturated heterocycles. The van der Waals surface area contributed by atoms with Gasteiger partial charge in [0.05, 0.1) is 11.8 Å². The standard InChI is InChI=1S/C19H22ClF3N4O/c1-26-17(19(21,22)23)15(11-25-26)18(28)27-7-5-13(6-8-27)16(24)10-12-3-2-4-14(20)9-12/h2-4,9,11,13,16H,5-8,10,24H2,1H3. The molecule has 2 N–H and O–H groups in total. The van der Waals surface area contributed by atoms with Crippen LogP contribution < -0.4 is 5.73 Å². The summed E-state index contributed by atoms with van der Waals surface area (Å²) in [4.78, 5) is 14.1. The fraction of sp³-hybridized carbons (Fsp3) is 0.474. The minimum absolute atomic E-state index is 0.0974. The van der Waals surface area contributed by atoms with Crippen LogP contribution in [-0.4, -0.2) is 39.7 Å². The number of nitrogens with zero attached hydrogens (tertiary/aromatic N) is 3. The quantitative estimate of drug-likeness (QED) is 0.832. The van der Waals surface area contributed by atoms with E-state index in [1.807, 2.05) is 18.2 Å². The molecule has 0 bridgehead atoms. The van der Waals surface area contributed by atoms with Gasteiger partial charge in [0.2, 0.25) is 0 Å². The second-order valence-electron chi connectivity index (χ2n) is 7.16. The van der Waals surface area contributed by atoms with Crippen LogP contribution in [0.5, 0.6) is 0 Å². The van der Waals surface area contributed by atoms with E-state index in [1.165, 1.54) is 11.9 Å². The van der Waals surface area contributed by atoms with Crippen molar-refractivity contribution in [2.24, 2.45) is 18.7 Å². The third kappa shape index (κ3) is 4.50. The Bertz CT molecular complexity index is 844. The van der Waals surface area contributed by atoms with Crippen molar-refractivity contribution in [1.82, 2.24) is 14.7 Å². The molecule has 0 radical (unpaired) electrons. The number of hydrogen-bond acceptors (Lipinski definition) is 3. The number of halogens is 4. The fourth-order valence-electron chi connectivity index (χ4n) is 3.73. The summed E-state index contributed by atoms with van der Waals surface area (Å²) in [5.41, 5.74) is 5.96. The van der Waals surface area contributed by atoms with Gasteiger partial charge in [-0.25, -0.2) is 0 Å². The van der Waals surface area contributed by atoms with Crippen molar-refractivity contribution in [2.45, 2.75) is 31.5 Å². The number of hydrogen-bond donors (Lipinski definition) is 1. The van der Waals surface area contributed by atoms with Gasteiger partial charge in [-0.05, 0) is 42.9 Å². The number of benzene rings is 1. The summed E-state index contributed by atoms with van der Waals surface area (Å²) in [6.07, 6.45) is -1.68. The topological polar surface area (TPSA) is 64.2 Å². The first-order valence-electron chi connectivity index (χ1n) is 9.05. The third-order valence-electron chi connectivity index (χ3n) is 5.23. The average Bonchev–Trinajstić information content (AvgIpc) is 3.03. The van der Waals surface area contributed by atoms with Crippen molar-refractivity contribution in [3.05, 3.63) is 52.3 Å². The molecule has 1 atom stereocenters. The Morgan fingerprint density at radius 3 is 2.64 bits per heavy atom. The highest BCUT2D eigenvalue weighted by Crippen LogP contribution is 2.33. The lowest BCUT2D eigenvalue weighted by Gasteiger charge is -2.35. The zero-order valence-electron chi connectivity index (χ0n) is 15.4. The molecule has 1 unspecified atom stereocenters. The van der Waals surface area contributed by atoms with Crippen LogP contribution in [0, 0.1) is 5.92 Å². The number of likely N-dealkylation sites (tertiary alicyclic amines) is 1. The summed E-state index contributed by atoms with van der Waals surface area (Å²) >= 11 is 6.00. The van der Waals surface area contributed by atoms with E-state index in [0.29, 0.717) is 42.1 Å². The van der Waals surface area contributed by atoms with Crippen molar-refractivity contribution in [3.63, 3.8) is 0 Å². The molecule has 152 valence electrons. The number of nitrogens with two attached hydrogens (primary N) is 1. The van der Waals surface area contributed by atoms with Gasteiger partial charge in [-0.1, -0.05) is 23.7 Å². The molecule has 1 aliphatic rings. The van der Waals surface area contributed by atoms with E-state index >= 15 is 0 Å². The molecule has 1 fully saturated rings. The highest BCUT2D eigenvalue weighted by molar-refractivity contribution is 6.30. The molecule has 5 nitrogen and oxygen atoms in total. The first-order valence-corrected chi connectivity index (χ1v) is 9.43. The zero-order valence-corrected chi connectivity index (χ0v) is 16.2. The van der Waals surface area contributed by atoms with Crippen LogP contribution in [0.3, 0.4) is 0 Å². The first-order chi connectivity index (χ1) is 13.2. The molecule has 0 aliphatic carbocycles. The Balaban J connectivity index is 1.62. The summed E-state index contributed by atoms with van der Waals surface area (Å²) in [6.45, 7) is 0.748. The van der Waals surface area contributed by atoms with E-state index in [-0.39, 0.29) is 12.0 Å². The number of aromatic nitrogens is 2. The van der Waals surface area contributed by atoms with Crippen LogP contribution in [0.25, 0.3) is 0 Å². The van der Waals surface area contributed by atoms with E-state index in [2.05, 4.69) is 5.10 Å². The average molecular weight is 415 g/mol. The van der Waals surface area contributed by atoms with Crippen LogP contribution in [-0.2, 0) is 19.6 Å². The first kappa shape index (κ1) is 20.7. The summed E-state index contributed by atoms with van der Waals surface area (Å²) in [5, 5.41) is 4.27. The van der Waals surface area contributed by atoms with Gasteiger partial charge in [0.1, 0.15) is 0 Å². The Morgan fingerprint density at radius 2 is 2.04 bits per heavy atom. The number of carbonyl (C=O) groups is 1. The van der Waals surface area contributed by atoms with E-state index in [1.54, 1.807) is 6.07 Å². The Hall–Kier alpha value is -2.06. The Labute approximate surface area is 166 Å². The lowest BCUT2D eigenvalue weighted by Crippen LogP contribution is -2.44. The molecule has 1 amide bonds. The van der Waals surface area contributed by atoms with Crippen LogP contribution in [0.15, 0.2) is 30.5 Å². The van der Waals surface area contributed by atoms with Gasteiger partial charge in [0.15, 0.2) is 5.69 Å². The van der Waals surface area contributed by atoms with Crippen LogP contribution in [0.4, 0.5) is 13.2 Å². The molecule has 2 aromatic rings. The molecule has 3 rings (SSSR count). The second-order valence-corrected chi connectivity index (χ2v) is 7.59. The maximum absolute atomic E-state index is 13.2. The van der Waals surface area contributed by atoms with Gasteiger partial charge < -0.3 is 10.6 Å².